The second kappa shape index (κ2) is 9.13. The van der Waals surface area contributed by atoms with Gasteiger partial charge < -0.3 is 14.5 Å². The van der Waals surface area contributed by atoms with Gasteiger partial charge in [-0.2, -0.15) is 0 Å². The Hall–Kier alpha value is -0.840. The lowest BCUT2D eigenvalue weighted by atomic mass is 10.2. The predicted molar refractivity (Wildman–Crippen MR) is 78.1 cm³/mol. The molecule has 110 valence electrons. The number of nitrogens with zero attached hydrogens (tertiary/aromatic N) is 1. The molecule has 1 aromatic rings. The summed E-state index contributed by atoms with van der Waals surface area (Å²) in [5.74, 6) is 2.04. The van der Waals surface area contributed by atoms with Gasteiger partial charge in [0.1, 0.15) is 11.5 Å². The van der Waals surface area contributed by atoms with Crippen molar-refractivity contribution in [3.05, 3.63) is 23.7 Å². The van der Waals surface area contributed by atoms with Crippen molar-refractivity contribution in [3.63, 3.8) is 0 Å². The molecule has 0 amide bonds. The van der Waals surface area contributed by atoms with Crippen molar-refractivity contribution in [2.75, 3.05) is 26.8 Å². The first-order valence-corrected chi connectivity index (χ1v) is 7.22. The zero-order valence-corrected chi connectivity index (χ0v) is 12.7. The van der Waals surface area contributed by atoms with Gasteiger partial charge in [0.25, 0.3) is 0 Å². The summed E-state index contributed by atoms with van der Waals surface area (Å²) in [4.78, 5) is 2.35. The zero-order chi connectivity index (χ0) is 14.1. The molecule has 1 rings (SSSR count). The summed E-state index contributed by atoms with van der Waals surface area (Å²) < 4.78 is 11.1. The monoisotopic (exact) mass is 268 g/mol. The maximum atomic E-state index is 5.85. The number of rotatable bonds is 10. The fourth-order valence-electron chi connectivity index (χ4n) is 2.12. The van der Waals surface area contributed by atoms with Crippen LogP contribution in [0.3, 0.4) is 0 Å². The maximum absolute atomic E-state index is 5.85. The first-order valence-electron chi connectivity index (χ1n) is 7.22. The van der Waals surface area contributed by atoms with E-state index in [1.807, 2.05) is 0 Å². The number of hydrogen-bond acceptors (Lipinski definition) is 4. The highest BCUT2D eigenvalue weighted by molar-refractivity contribution is 5.07. The van der Waals surface area contributed by atoms with Crippen molar-refractivity contribution in [1.29, 1.82) is 0 Å². The van der Waals surface area contributed by atoms with Crippen LogP contribution in [0.2, 0.25) is 0 Å². The topological polar surface area (TPSA) is 37.6 Å². The van der Waals surface area contributed by atoms with Crippen molar-refractivity contribution in [2.24, 2.45) is 0 Å². The first kappa shape index (κ1) is 16.2. The highest BCUT2D eigenvalue weighted by Gasteiger charge is 2.14. The highest BCUT2D eigenvalue weighted by Crippen LogP contribution is 2.12. The number of furan rings is 1. The van der Waals surface area contributed by atoms with E-state index in [0.29, 0.717) is 6.04 Å². The Balaban J connectivity index is 2.46. The lowest BCUT2D eigenvalue weighted by Crippen LogP contribution is -2.35. The summed E-state index contributed by atoms with van der Waals surface area (Å²) in [7, 11) is 1.74. The third kappa shape index (κ3) is 5.76. The molecular formula is C15H28N2O2. The molecule has 0 radical (unpaired) electrons. The zero-order valence-electron chi connectivity index (χ0n) is 12.7. The van der Waals surface area contributed by atoms with Gasteiger partial charge in [-0.05, 0) is 38.6 Å². The molecule has 1 N–H and O–H groups in total. The Kier molecular flexibility index (Phi) is 7.79. The molecule has 4 nitrogen and oxygen atoms in total. The quantitative estimate of drug-likeness (QED) is 0.662. The molecule has 1 aromatic heterocycles. The predicted octanol–water partition coefficient (Wildman–Crippen LogP) is 2.64. The molecule has 1 heterocycles. The fraction of sp³-hybridized carbons (Fsp3) is 0.733. The lowest BCUT2D eigenvalue weighted by Gasteiger charge is -2.26. The van der Waals surface area contributed by atoms with Crippen LogP contribution in [-0.4, -0.2) is 37.7 Å². The van der Waals surface area contributed by atoms with E-state index in [4.69, 9.17) is 9.15 Å². The minimum atomic E-state index is 0.404. The van der Waals surface area contributed by atoms with Crippen molar-refractivity contribution in [2.45, 2.75) is 46.3 Å². The molecule has 0 fully saturated rings. The van der Waals surface area contributed by atoms with Crippen LogP contribution in [0.4, 0.5) is 0 Å². The van der Waals surface area contributed by atoms with Gasteiger partial charge in [-0.3, -0.25) is 4.90 Å². The third-order valence-corrected chi connectivity index (χ3v) is 3.24. The van der Waals surface area contributed by atoms with Gasteiger partial charge in [0.05, 0.1) is 19.7 Å². The molecule has 0 aliphatic rings. The van der Waals surface area contributed by atoms with Crippen LogP contribution >= 0.6 is 0 Å². The Morgan fingerprint density at radius 2 is 2.05 bits per heavy atom. The smallest absolute Gasteiger partial charge is 0.118 e. The summed E-state index contributed by atoms with van der Waals surface area (Å²) in [5, 5.41) is 3.35. The van der Waals surface area contributed by atoms with Crippen molar-refractivity contribution >= 4 is 0 Å². The summed E-state index contributed by atoms with van der Waals surface area (Å²) in [6.07, 6.45) is 1.14. The van der Waals surface area contributed by atoms with Crippen LogP contribution in [0, 0.1) is 0 Å². The van der Waals surface area contributed by atoms with Gasteiger partial charge >= 0.3 is 0 Å². The molecule has 0 saturated heterocycles. The van der Waals surface area contributed by atoms with E-state index in [1.54, 1.807) is 7.11 Å². The van der Waals surface area contributed by atoms with Crippen molar-refractivity contribution in [1.82, 2.24) is 10.2 Å². The van der Waals surface area contributed by atoms with Crippen LogP contribution in [-0.2, 0) is 17.8 Å². The molecule has 0 aromatic carbocycles. The van der Waals surface area contributed by atoms with Crippen LogP contribution < -0.4 is 5.32 Å². The van der Waals surface area contributed by atoms with Crippen molar-refractivity contribution < 1.29 is 9.15 Å². The molecular weight excluding hydrogens is 240 g/mol. The van der Waals surface area contributed by atoms with Gasteiger partial charge in [-0.25, -0.2) is 0 Å². The molecule has 1 unspecified atom stereocenters. The van der Waals surface area contributed by atoms with E-state index >= 15 is 0 Å². The highest BCUT2D eigenvalue weighted by atomic mass is 16.5. The molecule has 0 bridgehead atoms. The lowest BCUT2D eigenvalue weighted by molar-refractivity contribution is 0.0933. The van der Waals surface area contributed by atoms with Gasteiger partial charge in [-0.15, -0.1) is 0 Å². The van der Waals surface area contributed by atoms with E-state index in [-0.39, 0.29) is 0 Å². The Morgan fingerprint density at radius 1 is 1.32 bits per heavy atom. The largest absolute Gasteiger partial charge is 0.463 e. The SMILES string of the molecule is CCCNCc1ccc(CN(CC)C(C)COC)o1. The number of likely N-dealkylation sites (N-methyl/N-ethyl adjacent to an activating group) is 1. The van der Waals surface area contributed by atoms with Gasteiger partial charge in [-0.1, -0.05) is 13.8 Å². The second-order valence-electron chi connectivity index (χ2n) is 4.91. The summed E-state index contributed by atoms with van der Waals surface area (Å²) in [6, 6.07) is 4.54. The number of ether oxygens (including phenoxy) is 1. The molecule has 4 heteroatoms. The molecule has 1 atom stereocenters. The standard InChI is InChI=1S/C15H28N2O2/c1-5-9-16-10-14-7-8-15(19-14)11-17(6-2)13(3)12-18-4/h7-8,13,16H,5-6,9-12H2,1-4H3. The summed E-state index contributed by atoms with van der Waals surface area (Å²) >= 11 is 0. The Morgan fingerprint density at radius 3 is 2.68 bits per heavy atom. The minimum absolute atomic E-state index is 0.404. The first-order chi connectivity index (χ1) is 9.21. The fourth-order valence-corrected chi connectivity index (χ4v) is 2.12. The van der Waals surface area contributed by atoms with E-state index in [0.717, 1.165) is 50.7 Å². The molecule has 0 spiro atoms. The number of methoxy groups -OCH3 is 1. The number of hydrogen-bond donors (Lipinski definition) is 1. The van der Waals surface area contributed by atoms with Crippen LogP contribution in [0.1, 0.15) is 38.7 Å². The Labute approximate surface area is 117 Å². The molecule has 0 saturated carbocycles. The second-order valence-corrected chi connectivity index (χ2v) is 4.91. The number of nitrogens with one attached hydrogen (secondary N) is 1. The minimum Gasteiger partial charge on any atom is -0.463 e. The average Bonchev–Trinajstić information content (AvgIpc) is 2.84. The van der Waals surface area contributed by atoms with Gasteiger partial charge in [0.15, 0.2) is 0 Å². The van der Waals surface area contributed by atoms with Gasteiger partial charge in [0, 0.05) is 13.2 Å². The molecule has 0 aliphatic carbocycles. The third-order valence-electron chi connectivity index (χ3n) is 3.24. The van der Waals surface area contributed by atoms with E-state index in [2.05, 4.69) is 43.1 Å². The van der Waals surface area contributed by atoms with Crippen LogP contribution in [0.15, 0.2) is 16.5 Å². The van der Waals surface area contributed by atoms with Gasteiger partial charge in [0.2, 0.25) is 0 Å². The van der Waals surface area contributed by atoms with E-state index in [1.165, 1.54) is 0 Å². The molecule has 0 aliphatic heterocycles. The normalized spacial score (nSPS) is 13.1. The van der Waals surface area contributed by atoms with Crippen LogP contribution in [0.5, 0.6) is 0 Å². The average molecular weight is 268 g/mol. The molecule has 19 heavy (non-hydrogen) atoms. The van der Waals surface area contributed by atoms with E-state index < -0.39 is 0 Å². The Bertz CT molecular complexity index is 339. The van der Waals surface area contributed by atoms with E-state index in [9.17, 15) is 0 Å². The summed E-state index contributed by atoms with van der Waals surface area (Å²) in [6.45, 7) is 10.9. The summed E-state index contributed by atoms with van der Waals surface area (Å²) in [5.41, 5.74) is 0. The maximum Gasteiger partial charge on any atom is 0.118 e. The van der Waals surface area contributed by atoms with Crippen LogP contribution in [0.25, 0.3) is 0 Å². The van der Waals surface area contributed by atoms with Crippen molar-refractivity contribution in [3.8, 4) is 0 Å².